The molecule has 4 rings (SSSR count). The first-order chi connectivity index (χ1) is 12.8. The molecule has 0 aliphatic heterocycles. The summed E-state index contributed by atoms with van der Waals surface area (Å²) >= 11 is 1.58. The number of rotatable bonds is 4. The number of benzene rings is 2. The molecule has 0 spiro atoms. The van der Waals surface area contributed by atoms with Crippen LogP contribution in [0.4, 0.5) is 5.69 Å². The lowest BCUT2D eigenvalue weighted by molar-refractivity contribution is -0.111. The Balaban J connectivity index is 1.60. The molecule has 128 valence electrons. The maximum atomic E-state index is 12.2. The molecular formula is C19H15N5OS. The quantitative estimate of drug-likeness (QED) is 0.444. The number of carbonyl (C=O) groups is 1. The Kier molecular flexibility index (Phi) is 4.37. The van der Waals surface area contributed by atoms with Crippen LogP contribution < -0.4 is 5.32 Å². The van der Waals surface area contributed by atoms with Crippen molar-refractivity contribution in [3.05, 3.63) is 66.6 Å². The van der Waals surface area contributed by atoms with Gasteiger partial charge in [-0.15, -0.1) is 22.0 Å². The van der Waals surface area contributed by atoms with E-state index in [0.29, 0.717) is 11.5 Å². The summed E-state index contributed by atoms with van der Waals surface area (Å²) in [7, 11) is 0. The number of aromatic nitrogens is 4. The molecule has 1 N–H and O–H groups in total. The molecule has 2 heterocycles. The Morgan fingerprint density at radius 1 is 1.12 bits per heavy atom. The predicted molar refractivity (Wildman–Crippen MR) is 104 cm³/mol. The van der Waals surface area contributed by atoms with Gasteiger partial charge in [0.1, 0.15) is 0 Å². The van der Waals surface area contributed by atoms with E-state index < -0.39 is 0 Å². The number of fused-ring (bicyclic) bond motifs is 3. The Bertz CT molecular complexity index is 1140. The standard InChI is InChI=1S/C19H15N5OS/c1-26-16-9-5-4-8-15(16)21-18(25)11-10-17-22-23-19-14-7-3-2-6-13(14)12-20-24(17)19/h2-12H,1H3,(H,21,25)/b11-10+. The highest BCUT2D eigenvalue weighted by Gasteiger charge is 2.08. The molecule has 2 aromatic heterocycles. The third kappa shape index (κ3) is 3.04. The van der Waals surface area contributed by atoms with Crippen LogP contribution in [0.5, 0.6) is 0 Å². The van der Waals surface area contributed by atoms with Crippen LogP contribution in [0.15, 0.2) is 65.7 Å². The second-order valence-electron chi connectivity index (χ2n) is 5.55. The van der Waals surface area contributed by atoms with Gasteiger partial charge in [0, 0.05) is 21.7 Å². The van der Waals surface area contributed by atoms with E-state index >= 15 is 0 Å². The SMILES string of the molecule is CSc1ccccc1NC(=O)/C=C/c1nnc2c3ccccc3cnn12. The van der Waals surface area contributed by atoms with Gasteiger partial charge in [0.25, 0.3) is 0 Å². The first-order valence-electron chi connectivity index (χ1n) is 7.97. The van der Waals surface area contributed by atoms with E-state index in [2.05, 4.69) is 20.6 Å². The Morgan fingerprint density at radius 3 is 2.81 bits per heavy atom. The third-order valence-corrected chi connectivity index (χ3v) is 4.72. The molecule has 0 atom stereocenters. The summed E-state index contributed by atoms with van der Waals surface area (Å²) in [6, 6.07) is 15.5. The van der Waals surface area contributed by atoms with Crippen molar-refractivity contribution in [1.82, 2.24) is 19.8 Å². The molecule has 0 radical (unpaired) electrons. The number of carbonyl (C=O) groups excluding carboxylic acids is 1. The van der Waals surface area contributed by atoms with E-state index in [0.717, 1.165) is 21.4 Å². The zero-order valence-corrected chi connectivity index (χ0v) is 14.8. The van der Waals surface area contributed by atoms with Crippen molar-refractivity contribution < 1.29 is 4.79 Å². The second-order valence-corrected chi connectivity index (χ2v) is 6.40. The number of amides is 1. The number of nitrogens with zero attached hydrogens (tertiary/aromatic N) is 4. The van der Waals surface area contributed by atoms with Crippen LogP contribution in [0.25, 0.3) is 22.5 Å². The fraction of sp³-hybridized carbons (Fsp3) is 0.0526. The number of nitrogens with one attached hydrogen (secondary N) is 1. The van der Waals surface area contributed by atoms with Gasteiger partial charge in [-0.1, -0.05) is 36.4 Å². The normalized spacial score (nSPS) is 11.4. The van der Waals surface area contributed by atoms with Crippen LogP contribution in [0.3, 0.4) is 0 Å². The number of hydrogen-bond donors (Lipinski definition) is 1. The molecule has 0 saturated carbocycles. The molecule has 0 fully saturated rings. The lowest BCUT2D eigenvalue weighted by Crippen LogP contribution is -2.08. The van der Waals surface area contributed by atoms with Crippen LogP contribution >= 0.6 is 11.8 Å². The van der Waals surface area contributed by atoms with Crippen molar-refractivity contribution in [1.29, 1.82) is 0 Å². The maximum Gasteiger partial charge on any atom is 0.248 e. The molecule has 0 bridgehead atoms. The van der Waals surface area contributed by atoms with Gasteiger partial charge in [0.15, 0.2) is 11.5 Å². The topological polar surface area (TPSA) is 72.2 Å². The minimum Gasteiger partial charge on any atom is -0.321 e. The monoisotopic (exact) mass is 361 g/mol. The summed E-state index contributed by atoms with van der Waals surface area (Å²) in [5.74, 6) is 0.267. The average Bonchev–Trinajstić information content (AvgIpc) is 3.10. The van der Waals surface area contributed by atoms with Crippen molar-refractivity contribution >= 4 is 45.9 Å². The highest BCUT2D eigenvalue weighted by atomic mass is 32.2. The van der Waals surface area contributed by atoms with Gasteiger partial charge in [-0.05, 0) is 24.5 Å². The van der Waals surface area contributed by atoms with Crippen LogP contribution in [-0.2, 0) is 4.79 Å². The summed E-state index contributed by atoms with van der Waals surface area (Å²) in [6.07, 6.45) is 6.78. The lowest BCUT2D eigenvalue weighted by atomic mass is 10.2. The Hall–Kier alpha value is -3.19. The lowest BCUT2D eigenvalue weighted by Gasteiger charge is -2.06. The van der Waals surface area contributed by atoms with E-state index in [1.807, 2.05) is 54.8 Å². The summed E-state index contributed by atoms with van der Waals surface area (Å²) in [4.78, 5) is 13.2. The summed E-state index contributed by atoms with van der Waals surface area (Å²) in [5.41, 5.74) is 1.45. The van der Waals surface area contributed by atoms with Gasteiger partial charge in [0.2, 0.25) is 5.91 Å². The van der Waals surface area contributed by atoms with Gasteiger partial charge in [-0.25, -0.2) is 0 Å². The first kappa shape index (κ1) is 16.3. The molecule has 1 amide bonds. The van der Waals surface area contributed by atoms with Crippen LogP contribution in [0, 0.1) is 0 Å². The fourth-order valence-electron chi connectivity index (χ4n) is 2.68. The van der Waals surface area contributed by atoms with E-state index in [1.54, 1.807) is 28.6 Å². The Morgan fingerprint density at radius 2 is 1.92 bits per heavy atom. The molecule has 6 nitrogen and oxygen atoms in total. The molecule has 0 unspecified atom stereocenters. The number of para-hydroxylation sites is 1. The second kappa shape index (κ2) is 6.97. The molecule has 4 aromatic rings. The predicted octanol–water partition coefficient (Wildman–Crippen LogP) is 3.65. The number of anilines is 1. The van der Waals surface area contributed by atoms with E-state index in [9.17, 15) is 4.79 Å². The van der Waals surface area contributed by atoms with Gasteiger partial charge in [-0.3, -0.25) is 4.79 Å². The third-order valence-electron chi connectivity index (χ3n) is 3.93. The maximum absolute atomic E-state index is 12.2. The van der Waals surface area contributed by atoms with Gasteiger partial charge < -0.3 is 5.32 Å². The minimum absolute atomic E-state index is 0.232. The van der Waals surface area contributed by atoms with Gasteiger partial charge in [0.05, 0.1) is 11.9 Å². The first-order valence-corrected chi connectivity index (χ1v) is 9.20. The molecular weight excluding hydrogens is 346 g/mol. The zero-order valence-electron chi connectivity index (χ0n) is 14.0. The van der Waals surface area contributed by atoms with Crippen molar-refractivity contribution in [2.75, 3.05) is 11.6 Å². The fourth-order valence-corrected chi connectivity index (χ4v) is 3.24. The molecule has 2 aromatic carbocycles. The van der Waals surface area contributed by atoms with Crippen LogP contribution in [0.1, 0.15) is 5.82 Å². The van der Waals surface area contributed by atoms with E-state index in [4.69, 9.17) is 0 Å². The van der Waals surface area contributed by atoms with Crippen LogP contribution in [-0.4, -0.2) is 32.0 Å². The summed E-state index contributed by atoms with van der Waals surface area (Å²) in [6.45, 7) is 0. The average molecular weight is 361 g/mol. The molecule has 7 heteroatoms. The zero-order chi connectivity index (χ0) is 17.9. The number of hydrogen-bond acceptors (Lipinski definition) is 5. The van der Waals surface area contributed by atoms with Crippen molar-refractivity contribution in [3.63, 3.8) is 0 Å². The highest BCUT2D eigenvalue weighted by Crippen LogP contribution is 2.24. The van der Waals surface area contributed by atoms with Crippen molar-refractivity contribution in [2.45, 2.75) is 4.90 Å². The van der Waals surface area contributed by atoms with E-state index in [1.165, 1.54) is 6.08 Å². The van der Waals surface area contributed by atoms with Crippen molar-refractivity contribution in [3.8, 4) is 0 Å². The largest absolute Gasteiger partial charge is 0.321 e. The summed E-state index contributed by atoms with van der Waals surface area (Å²) in [5, 5.41) is 17.5. The van der Waals surface area contributed by atoms with Crippen molar-refractivity contribution in [2.24, 2.45) is 0 Å². The number of thioether (sulfide) groups is 1. The van der Waals surface area contributed by atoms with Gasteiger partial charge >= 0.3 is 0 Å². The Labute approximate surface area is 153 Å². The van der Waals surface area contributed by atoms with Gasteiger partial charge in [-0.2, -0.15) is 9.61 Å². The highest BCUT2D eigenvalue weighted by molar-refractivity contribution is 7.98. The van der Waals surface area contributed by atoms with E-state index in [-0.39, 0.29) is 5.91 Å². The molecule has 0 aliphatic carbocycles. The molecule has 0 aliphatic rings. The summed E-state index contributed by atoms with van der Waals surface area (Å²) < 4.78 is 1.63. The smallest absolute Gasteiger partial charge is 0.248 e. The molecule has 26 heavy (non-hydrogen) atoms. The van der Waals surface area contributed by atoms with Crippen LogP contribution in [0.2, 0.25) is 0 Å². The minimum atomic E-state index is -0.232. The molecule has 0 saturated heterocycles.